The van der Waals surface area contributed by atoms with Gasteiger partial charge >= 0.3 is 17.9 Å². The van der Waals surface area contributed by atoms with Crippen LogP contribution in [0, 0.1) is 56.2 Å². The number of fused-ring (bicyclic) bond motifs is 1. The van der Waals surface area contributed by atoms with E-state index in [-0.39, 0.29) is 63.4 Å². The lowest BCUT2D eigenvalue weighted by molar-refractivity contribution is -0.192. The Bertz CT molecular complexity index is 1140. The van der Waals surface area contributed by atoms with Gasteiger partial charge in [0.2, 0.25) is 0 Å². The van der Waals surface area contributed by atoms with E-state index in [9.17, 15) is 14.4 Å². The van der Waals surface area contributed by atoms with Crippen molar-refractivity contribution >= 4 is 17.9 Å². The van der Waals surface area contributed by atoms with E-state index in [0.29, 0.717) is 32.3 Å². The van der Waals surface area contributed by atoms with Crippen LogP contribution < -0.4 is 0 Å². The van der Waals surface area contributed by atoms with Crippen molar-refractivity contribution in [2.24, 2.45) is 56.2 Å². The van der Waals surface area contributed by atoms with Crippen LogP contribution >= 0.6 is 0 Å². The fourth-order valence-electron chi connectivity index (χ4n) is 7.78. The van der Waals surface area contributed by atoms with Crippen LogP contribution in [0.1, 0.15) is 143 Å². The Labute approximate surface area is 281 Å². The van der Waals surface area contributed by atoms with Crippen molar-refractivity contribution in [3.8, 4) is 0 Å². The van der Waals surface area contributed by atoms with E-state index in [0.717, 1.165) is 0 Å². The number of rotatable bonds is 11. The standard InChI is InChI=1S/C39H68O7/c1-23(2)39(17,46-32(42)38(16,36(12,13)14)22-34(6,7)8)19-25(27-20-43-27)28-24-18-26(29(24)45-30(28)40)44-31(41)37(15,35(9,10)11)21-33(3,4)5/h23-29H,18-22H2,1-17H3. The first-order chi connectivity index (χ1) is 20.5. The molecule has 46 heavy (non-hydrogen) atoms. The highest BCUT2D eigenvalue weighted by atomic mass is 16.6. The van der Waals surface area contributed by atoms with Gasteiger partial charge in [-0.15, -0.1) is 0 Å². The number of ether oxygens (including phenoxy) is 4. The number of carbonyl (C=O) groups excluding carboxylic acids is 3. The first-order valence-corrected chi connectivity index (χ1v) is 17.7. The maximum Gasteiger partial charge on any atom is 0.312 e. The molecule has 1 saturated carbocycles. The Morgan fingerprint density at radius 1 is 0.783 bits per heavy atom. The molecule has 3 rings (SSSR count). The van der Waals surface area contributed by atoms with E-state index in [1.54, 1.807) is 0 Å². The Kier molecular flexibility index (Phi) is 10.4. The highest BCUT2D eigenvalue weighted by molar-refractivity contribution is 5.80. The molecule has 7 nitrogen and oxygen atoms in total. The lowest BCUT2D eigenvalue weighted by Crippen LogP contribution is -2.54. The monoisotopic (exact) mass is 648 g/mol. The van der Waals surface area contributed by atoms with Crippen molar-refractivity contribution in [2.75, 3.05) is 6.61 Å². The largest absolute Gasteiger partial charge is 0.459 e. The van der Waals surface area contributed by atoms with Gasteiger partial charge in [-0.25, -0.2) is 0 Å². The normalized spacial score (nSPS) is 29.8. The van der Waals surface area contributed by atoms with Crippen LogP contribution in [0.5, 0.6) is 0 Å². The van der Waals surface area contributed by atoms with E-state index in [1.165, 1.54) is 0 Å². The van der Waals surface area contributed by atoms with Crippen LogP contribution in [0.4, 0.5) is 0 Å². The average Bonchev–Trinajstić information content (AvgIpc) is 3.63. The van der Waals surface area contributed by atoms with Gasteiger partial charge in [-0.3, -0.25) is 14.4 Å². The van der Waals surface area contributed by atoms with Gasteiger partial charge in [0, 0.05) is 11.8 Å². The van der Waals surface area contributed by atoms with Crippen molar-refractivity contribution in [1.29, 1.82) is 0 Å². The van der Waals surface area contributed by atoms with Gasteiger partial charge in [0.1, 0.15) is 17.8 Å². The van der Waals surface area contributed by atoms with E-state index in [2.05, 4.69) is 96.9 Å². The molecule has 0 spiro atoms. The van der Waals surface area contributed by atoms with Crippen molar-refractivity contribution in [3.05, 3.63) is 0 Å². The zero-order valence-corrected chi connectivity index (χ0v) is 32.4. The number of hydrogen-bond acceptors (Lipinski definition) is 7. The summed E-state index contributed by atoms with van der Waals surface area (Å²) in [4.78, 5) is 41.5. The zero-order chi connectivity index (χ0) is 35.6. The topological polar surface area (TPSA) is 91.4 Å². The minimum Gasteiger partial charge on any atom is -0.459 e. The average molecular weight is 649 g/mol. The molecule has 2 aliphatic heterocycles. The summed E-state index contributed by atoms with van der Waals surface area (Å²) in [5, 5.41) is 0. The maximum atomic E-state index is 14.2. The minimum absolute atomic E-state index is 0.0118. The van der Waals surface area contributed by atoms with Gasteiger partial charge in [0.05, 0.1) is 29.5 Å². The summed E-state index contributed by atoms with van der Waals surface area (Å²) in [6.45, 7) is 36.3. The lowest BCUT2D eigenvalue weighted by Gasteiger charge is -2.47. The summed E-state index contributed by atoms with van der Waals surface area (Å²) in [7, 11) is 0. The van der Waals surface area contributed by atoms with Crippen molar-refractivity contribution < 1.29 is 33.3 Å². The lowest BCUT2D eigenvalue weighted by atomic mass is 9.61. The SMILES string of the molecule is CC(C)C(C)(CC(C1CO1)C1C(=O)OC2C(OC(=O)C(C)(CC(C)(C)C)C(C)(C)C)CC21)OC(=O)C(C)(CC(C)(C)C)C(C)(C)C. The van der Waals surface area contributed by atoms with Gasteiger partial charge in [-0.05, 0) is 74.0 Å². The Hall–Kier alpha value is -1.63. The van der Waals surface area contributed by atoms with Gasteiger partial charge in [0.25, 0.3) is 0 Å². The molecule has 0 aromatic carbocycles. The molecule has 0 aromatic heterocycles. The summed E-state index contributed by atoms with van der Waals surface area (Å²) < 4.78 is 24.6. The fourth-order valence-corrected chi connectivity index (χ4v) is 7.78. The highest BCUT2D eigenvalue weighted by Gasteiger charge is 2.63. The molecule has 266 valence electrons. The van der Waals surface area contributed by atoms with Crippen LogP contribution in [0.3, 0.4) is 0 Å². The van der Waals surface area contributed by atoms with Crippen LogP contribution in [-0.2, 0) is 33.3 Å². The molecule has 1 aliphatic carbocycles. The number of epoxide rings is 1. The molecule has 2 saturated heterocycles. The van der Waals surface area contributed by atoms with Crippen LogP contribution in [0.25, 0.3) is 0 Å². The maximum absolute atomic E-state index is 14.2. The van der Waals surface area contributed by atoms with Gasteiger partial charge in [-0.2, -0.15) is 0 Å². The van der Waals surface area contributed by atoms with Gasteiger partial charge < -0.3 is 18.9 Å². The molecule has 0 aromatic rings. The van der Waals surface area contributed by atoms with Crippen LogP contribution in [0.15, 0.2) is 0 Å². The predicted octanol–water partition coefficient (Wildman–Crippen LogP) is 8.80. The summed E-state index contributed by atoms with van der Waals surface area (Å²) in [5.41, 5.74) is -2.96. The molecule has 9 unspecified atom stereocenters. The predicted molar refractivity (Wildman–Crippen MR) is 182 cm³/mol. The third kappa shape index (κ3) is 7.97. The fraction of sp³-hybridized carbons (Fsp3) is 0.923. The number of carbonyl (C=O) groups is 3. The first-order valence-electron chi connectivity index (χ1n) is 17.7. The summed E-state index contributed by atoms with van der Waals surface area (Å²) >= 11 is 0. The summed E-state index contributed by atoms with van der Waals surface area (Å²) in [5.74, 6) is -1.28. The second kappa shape index (κ2) is 12.4. The molecule has 9 atom stereocenters. The Morgan fingerprint density at radius 2 is 1.24 bits per heavy atom. The second-order valence-corrected chi connectivity index (χ2v) is 20.5. The highest BCUT2D eigenvalue weighted by Crippen LogP contribution is 2.55. The molecule has 0 amide bonds. The molecule has 0 bridgehead atoms. The molecule has 2 heterocycles. The molecule has 3 aliphatic rings. The number of esters is 3. The third-order valence-corrected chi connectivity index (χ3v) is 12.0. The minimum atomic E-state index is -0.812. The molecular weight excluding hydrogens is 580 g/mol. The van der Waals surface area contributed by atoms with Gasteiger partial charge in [-0.1, -0.05) is 96.9 Å². The van der Waals surface area contributed by atoms with Crippen molar-refractivity contribution in [3.63, 3.8) is 0 Å². The number of hydrogen-bond donors (Lipinski definition) is 0. The quantitative estimate of drug-likeness (QED) is 0.126. The van der Waals surface area contributed by atoms with E-state index >= 15 is 0 Å². The van der Waals surface area contributed by atoms with E-state index < -0.39 is 34.6 Å². The second-order valence-electron chi connectivity index (χ2n) is 20.5. The van der Waals surface area contributed by atoms with E-state index in [4.69, 9.17) is 18.9 Å². The smallest absolute Gasteiger partial charge is 0.312 e. The van der Waals surface area contributed by atoms with Gasteiger partial charge in [0.15, 0.2) is 0 Å². The molecule has 7 heteroatoms. The van der Waals surface area contributed by atoms with Crippen molar-refractivity contribution in [1.82, 2.24) is 0 Å². The molecular formula is C39H68O7. The Morgan fingerprint density at radius 3 is 1.63 bits per heavy atom. The molecule has 3 fully saturated rings. The van der Waals surface area contributed by atoms with Crippen LogP contribution in [0.2, 0.25) is 0 Å². The molecule has 0 radical (unpaired) electrons. The van der Waals surface area contributed by atoms with Crippen molar-refractivity contribution in [2.45, 2.75) is 167 Å². The third-order valence-electron chi connectivity index (χ3n) is 12.0. The van der Waals surface area contributed by atoms with Crippen LogP contribution in [-0.4, -0.2) is 48.4 Å². The summed E-state index contributed by atoms with van der Waals surface area (Å²) in [6, 6.07) is 0. The van der Waals surface area contributed by atoms with E-state index in [1.807, 2.05) is 20.8 Å². The zero-order valence-electron chi connectivity index (χ0n) is 32.4. The Balaban J connectivity index is 1.82. The molecule has 0 N–H and O–H groups in total. The first kappa shape index (κ1) is 38.8. The summed E-state index contributed by atoms with van der Waals surface area (Å²) in [6.07, 6.45) is 1.46.